The van der Waals surface area contributed by atoms with Gasteiger partial charge in [0.15, 0.2) is 5.82 Å². The van der Waals surface area contributed by atoms with E-state index in [1.54, 1.807) is 0 Å². The van der Waals surface area contributed by atoms with Crippen molar-refractivity contribution in [3.63, 3.8) is 0 Å². The minimum atomic E-state index is -0.249. The number of nitrogens with zero attached hydrogens (tertiary/aromatic N) is 3. The lowest BCUT2D eigenvalue weighted by molar-refractivity contribution is -0.145. The number of methoxy groups -OCH3 is 1. The first kappa shape index (κ1) is 15.9. The van der Waals surface area contributed by atoms with Crippen molar-refractivity contribution >= 4 is 5.97 Å². The van der Waals surface area contributed by atoms with E-state index in [9.17, 15) is 4.79 Å². The fraction of sp³-hybridized carbons (Fsp3) is 0.786. The van der Waals surface area contributed by atoms with E-state index < -0.39 is 0 Å². The summed E-state index contributed by atoms with van der Waals surface area (Å²) < 4.78 is 15.5. The minimum Gasteiger partial charge on any atom is -0.469 e. The predicted octanol–water partition coefficient (Wildman–Crippen LogP) is 1.03. The number of hydrogen-bond acceptors (Lipinski definition) is 7. The highest BCUT2D eigenvalue weighted by Gasteiger charge is 2.24. The molecule has 1 aliphatic heterocycles. The van der Waals surface area contributed by atoms with E-state index in [1.165, 1.54) is 7.11 Å². The molecule has 1 aromatic heterocycles. The Bertz CT molecular complexity index is 461. The molecule has 0 aliphatic carbocycles. The van der Waals surface area contributed by atoms with Gasteiger partial charge in [-0.05, 0) is 5.92 Å². The number of ether oxygens (including phenoxy) is 2. The first-order chi connectivity index (χ1) is 10.1. The molecular weight excluding hydrogens is 274 g/mol. The van der Waals surface area contributed by atoms with Gasteiger partial charge in [-0.1, -0.05) is 19.0 Å². The zero-order chi connectivity index (χ0) is 15.2. The van der Waals surface area contributed by atoms with Crippen molar-refractivity contribution in [2.45, 2.75) is 39.3 Å². The van der Waals surface area contributed by atoms with Crippen LogP contribution in [0.1, 0.15) is 32.0 Å². The van der Waals surface area contributed by atoms with Gasteiger partial charge in [0.05, 0.1) is 32.8 Å². The van der Waals surface area contributed by atoms with E-state index >= 15 is 0 Å². The molecule has 118 valence electrons. The van der Waals surface area contributed by atoms with Gasteiger partial charge in [-0.3, -0.25) is 9.69 Å². The number of hydrogen-bond donors (Lipinski definition) is 0. The van der Waals surface area contributed by atoms with E-state index in [2.05, 4.69) is 33.6 Å². The average molecular weight is 297 g/mol. The Kier molecular flexibility index (Phi) is 5.69. The van der Waals surface area contributed by atoms with Gasteiger partial charge in [-0.15, -0.1) is 0 Å². The molecule has 0 aromatic carbocycles. The van der Waals surface area contributed by atoms with E-state index in [4.69, 9.17) is 9.26 Å². The molecule has 1 atom stereocenters. The molecule has 0 amide bonds. The summed E-state index contributed by atoms with van der Waals surface area (Å²) in [5.74, 6) is 1.61. The second-order valence-electron chi connectivity index (χ2n) is 5.71. The van der Waals surface area contributed by atoms with Gasteiger partial charge in [0.2, 0.25) is 5.89 Å². The molecule has 1 saturated heterocycles. The average Bonchev–Trinajstić information content (AvgIpc) is 2.85. The zero-order valence-corrected chi connectivity index (χ0v) is 12.9. The fourth-order valence-electron chi connectivity index (χ4n) is 2.30. The van der Waals surface area contributed by atoms with Crippen LogP contribution in [-0.2, 0) is 27.2 Å². The molecular formula is C14H23N3O4. The third kappa shape index (κ3) is 5.09. The molecule has 1 fully saturated rings. The monoisotopic (exact) mass is 297 g/mol. The van der Waals surface area contributed by atoms with Crippen LogP contribution in [0.5, 0.6) is 0 Å². The van der Waals surface area contributed by atoms with Gasteiger partial charge < -0.3 is 14.0 Å². The smallest absolute Gasteiger partial charge is 0.308 e. The van der Waals surface area contributed by atoms with Crippen molar-refractivity contribution in [2.24, 2.45) is 5.92 Å². The van der Waals surface area contributed by atoms with Gasteiger partial charge in [0, 0.05) is 19.5 Å². The second kappa shape index (κ2) is 7.51. The molecule has 0 N–H and O–H groups in total. The van der Waals surface area contributed by atoms with Crippen LogP contribution in [0.15, 0.2) is 4.52 Å². The van der Waals surface area contributed by atoms with E-state index in [1.807, 2.05) is 0 Å². The molecule has 21 heavy (non-hydrogen) atoms. The van der Waals surface area contributed by atoms with Gasteiger partial charge in [-0.25, -0.2) is 0 Å². The summed E-state index contributed by atoms with van der Waals surface area (Å²) in [7, 11) is 1.39. The third-order valence-electron chi connectivity index (χ3n) is 3.30. The lowest BCUT2D eigenvalue weighted by Crippen LogP contribution is -2.43. The molecule has 1 aliphatic rings. The van der Waals surface area contributed by atoms with Crippen LogP contribution < -0.4 is 0 Å². The van der Waals surface area contributed by atoms with Crippen LogP contribution >= 0.6 is 0 Å². The number of rotatable bonds is 6. The lowest BCUT2D eigenvalue weighted by atomic mass is 10.1. The molecule has 0 radical (unpaired) electrons. The molecule has 0 spiro atoms. The number of carbonyl (C=O) groups excluding carboxylic acids is 1. The highest BCUT2D eigenvalue weighted by atomic mass is 16.5. The molecule has 1 unspecified atom stereocenters. The summed E-state index contributed by atoms with van der Waals surface area (Å²) in [6.07, 6.45) is 0.937. The van der Waals surface area contributed by atoms with E-state index in [0.29, 0.717) is 37.3 Å². The summed E-state index contributed by atoms with van der Waals surface area (Å²) in [6.45, 7) is 6.91. The van der Waals surface area contributed by atoms with Crippen molar-refractivity contribution in [1.29, 1.82) is 0 Å². The molecule has 2 rings (SSSR count). The quantitative estimate of drug-likeness (QED) is 0.726. The van der Waals surface area contributed by atoms with Gasteiger partial charge >= 0.3 is 5.97 Å². The zero-order valence-electron chi connectivity index (χ0n) is 12.9. The van der Waals surface area contributed by atoms with Crippen LogP contribution in [0.25, 0.3) is 0 Å². The van der Waals surface area contributed by atoms with Crippen LogP contribution in [-0.4, -0.2) is 53.9 Å². The first-order valence-electron chi connectivity index (χ1n) is 7.29. The van der Waals surface area contributed by atoms with Gasteiger partial charge in [-0.2, -0.15) is 4.98 Å². The largest absolute Gasteiger partial charge is 0.469 e. The Morgan fingerprint density at radius 3 is 3.05 bits per heavy atom. The maximum absolute atomic E-state index is 11.3. The summed E-state index contributed by atoms with van der Waals surface area (Å²) in [4.78, 5) is 17.9. The highest BCUT2D eigenvalue weighted by molar-refractivity contribution is 5.69. The number of esters is 1. The first-order valence-corrected chi connectivity index (χ1v) is 7.29. The van der Waals surface area contributed by atoms with Crippen molar-refractivity contribution in [3.8, 4) is 0 Å². The summed E-state index contributed by atoms with van der Waals surface area (Å²) >= 11 is 0. The van der Waals surface area contributed by atoms with Crippen LogP contribution in [0.3, 0.4) is 0 Å². The van der Waals surface area contributed by atoms with Crippen molar-refractivity contribution < 1.29 is 18.8 Å². The Morgan fingerprint density at radius 1 is 1.52 bits per heavy atom. The fourth-order valence-corrected chi connectivity index (χ4v) is 2.30. The highest BCUT2D eigenvalue weighted by Crippen LogP contribution is 2.13. The predicted molar refractivity (Wildman–Crippen MR) is 74.5 cm³/mol. The van der Waals surface area contributed by atoms with Crippen LogP contribution in [0, 0.1) is 5.92 Å². The van der Waals surface area contributed by atoms with Crippen molar-refractivity contribution in [2.75, 3.05) is 26.8 Å². The molecule has 7 heteroatoms. The molecule has 1 aromatic rings. The van der Waals surface area contributed by atoms with E-state index in [-0.39, 0.29) is 18.5 Å². The van der Waals surface area contributed by atoms with Crippen LogP contribution in [0.4, 0.5) is 0 Å². The Morgan fingerprint density at radius 2 is 2.33 bits per heavy atom. The number of aromatic nitrogens is 2. The second-order valence-corrected chi connectivity index (χ2v) is 5.71. The Balaban J connectivity index is 1.84. The summed E-state index contributed by atoms with van der Waals surface area (Å²) in [5.41, 5.74) is 0. The van der Waals surface area contributed by atoms with Gasteiger partial charge in [0.25, 0.3) is 0 Å². The van der Waals surface area contributed by atoms with Gasteiger partial charge in [0.1, 0.15) is 0 Å². The summed E-state index contributed by atoms with van der Waals surface area (Å²) in [5, 5.41) is 4.01. The normalized spacial score (nSPS) is 19.9. The molecule has 2 heterocycles. The SMILES string of the molecule is COC(=O)CC1CN(Cc2noc(CC(C)C)n2)CCO1. The Hall–Kier alpha value is -1.47. The molecule has 7 nitrogen and oxygen atoms in total. The van der Waals surface area contributed by atoms with Crippen molar-refractivity contribution in [1.82, 2.24) is 15.0 Å². The minimum absolute atomic E-state index is 0.131. The van der Waals surface area contributed by atoms with Crippen LogP contribution in [0.2, 0.25) is 0 Å². The lowest BCUT2D eigenvalue weighted by Gasteiger charge is -2.31. The summed E-state index contributed by atoms with van der Waals surface area (Å²) in [6, 6.07) is 0. The standard InChI is InChI=1S/C14H23N3O4/c1-10(2)6-13-15-12(16-21-13)9-17-4-5-20-11(8-17)7-14(18)19-3/h10-11H,4-9H2,1-3H3. The third-order valence-corrected chi connectivity index (χ3v) is 3.30. The Labute approximate surface area is 124 Å². The maximum atomic E-state index is 11.3. The number of carbonyl (C=O) groups is 1. The maximum Gasteiger partial charge on any atom is 0.308 e. The van der Waals surface area contributed by atoms with E-state index in [0.717, 1.165) is 13.0 Å². The molecule has 0 bridgehead atoms. The molecule has 0 saturated carbocycles. The number of morpholine rings is 1. The van der Waals surface area contributed by atoms with Crippen molar-refractivity contribution in [3.05, 3.63) is 11.7 Å². The topological polar surface area (TPSA) is 77.7 Å².